The second kappa shape index (κ2) is 9.21. The highest BCUT2D eigenvalue weighted by Gasteiger charge is 2.33. The maximum absolute atomic E-state index is 12.9. The van der Waals surface area contributed by atoms with Crippen molar-refractivity contribution < 1.29 is 14.1 Å². The molecule has 1 aliphatic heterocycles. The molecule has 0 bridgehead atoms. The van der Waals surface area contributed by atoms with Crippen molar-refractivity contribution in [1.82, 2.24) is 9.88 Å². The zero-order valence-electron chi connectivity index (χ0n) is 16.5. The van der Waals surface area contributed by atoms with Crippen LogP contribution in [0.1, 0.15) is 5.76 Å². The Morgan fingerprint density at radius 1 is 1.25 bits per heavy atom. The molecule has 0 atom stereocenters. The maximum atomic E-state index is 12.9. The average Bonchev–Trinajstić information content (AvgIpc) is 3.36. The average molecular weight is 467 g/mol. The molecule has 0 aliphatic carbocycles. The van der Waals surface area contributed by atoms with Crippen LogP contribution in [0.3, 0.4) is 0 Å². The van der Waals surface area contributed by atoms with Gasteiger partial charge in [-0.05, 0) is 42.1 Å². The van der Waals surface area contributed by atoms with Crippen molar-refractivity contribution in [2.75, 3.05) is 6.54 Å². The Hall–Kier alpha value is -3.69. The van der Waals surface area contributed by atoms with Gasteiger partial charge >= 0.3 is 0 Å². The van der Waals surface area contributed by atoms with Crippen molar-refractivity contribution in [2.45, 2.75) is 0 Å². The summed E-state index contributed by atoms with van der Waals surface area (Å²) >= 11 is 7.35. The largest absolute Gasteiger partial charge is 0.457 e. The molecule has 1 aliphatic rings. The second-order valence-corrected chi connectivity index (χ2v) is 7.96. The minimum Gasteiger partial charge on any atom is -0.457 e. The van der Waals surface area contributed by atoms with Gasteiger partial charge in [0, 0.05) is 42.7 Å². The number of aromatic nitrogens is 1. The van der Waals surface area contributed by atoms with Crippen LogP contribution in [0.2, 0.25) is 5.02 Å². The van der Waals surface area contributed by atoms with Crippen LogP contribution in [-0.2, 0) is 4.79 Å². The molecule has 1 amide bonds. The van der Waals surface area contributed by atoms with Crippen LogP contribution < -0.4 is 0 Å². The number of hydrogen-bond donors (Lipinski definition) is 0. The van der Waals surface area contributed by atoms with E-state index >= 15 is 0 Å². The van der Waals surface area contributed by atoms with E-state index in [4.69, 9.17) is 16.0 Å². The van der Waals surface area contributed by atoms with Crippen molar-refractivity contribution in [3.8, 4) is 11.3 Å². The summed E-state index contributed by atoms with van der Waals surface area (Å²) < 4.78 is 5.83. The number of thioether (sulfide) groups is 1. The number of nitro groups is 1. The number of rotatable bonds is 6. The van der Waals surface area contributed by atoms with Gasteiger partial charge in [-0.1, -0.05) is 17.7 Å². The Morgan fingerprint density at radius 3 is 2.72 bits per heavy atom. The number of amides is 1. The van der Waals surface area contributed by atoms with E-state index in [2.05, 4.69) is 16.6 Å². The first-order valence-electron chi connectivity index (χ1n) is 9.31. The third-order valence-electron chi connectivity index (χ3n) is 4.43. The molecule has 1 aromatic carbocycles. The fourth-order valence-corrected chi connectivity index (χ4v) is 4.05. The van der Waals surface area contributed by atoms with Crippen molar-refractivity contribution in [2.24, 2.45) is 4.99 Å². The highest BCUT2D eigenvalue weighted by atomic mass is 35.5. The number of furan rings is 1. The van der Waals surface area contributed by atoms with Gasteiger partial charge in [-0.2, -0.15) is 0 Å². The van der Waals surface area contributed by atoms with E-state index in [0.717, 1.165) is 0 Å². The predicted octanol–water partition coefficient (Wildman–Crippen LogP) is 5.69. The molecule has 10 heteroatoms. The molecular weight excluding hydrogens is 452 g/mol. The quantitative estimate of drug-likeness (QED) is 0.200. The highest BCUT2D eigenvalue weighted by molar-refractivity contribution is 8.18. The summed E-state index contributed by atoms with van der Waals surface area (Å²) in [7, 11) is 0. The minimum atomic E-state index is -0.460. The van der Waals surface area contributed by atoms with E-state index in [9.17, 15) is 14.9 Å². The number of amidine groups is 1. The zero-order valence-corrected chi connectivity index (χ0v) is 18.0. The lowest BCUT2D eigenvalue weighted by Crippen LogP contribution is -2.29. The Labute approximate surface area is 192 Å². The van der Waals surface area contributed by atoms with Crippen LogP contribution in [-0.4, -0.2) is 32.4 Å². The number of carbonyl (C=O) groups is 1. The van der Waals surface area contributed by atoms with E-state index in [1.807, 2.05) is 0 Å². The topological polar surface area (TPSA) is 102 Å². The van der Waals surface area contributed by atoms with Crippen molar-refractivity contribution >= 4 is 51.9 Å². The molecule has 2 aromatic heterocycles. The number of carbonyl (C=O) groups excluding carboxylic acids is 1. The fourth-order valence-electron chi connectivity index (χ4n) is 2.91. The van der Waals surface area contributed by atoms with Gasteiger partial charge in [-0.25, -0.2) is 4.99 Å². The van der Waals surface area contributed by atoms with E-state index in [1.165, 1.54) is 35.0 Å². The zero-order chi connectivity index (χ0) is 22.7. The molecule has 0 N–H and O–H groups in total. The van der Waals surface area contributed by atoms with Gasteiger partial charge in [-0.3, -0.25) is 24.8 Å². The van der Waals surface area contributed by atoms with Gasteiger partial charge in [-0.15, -0.1) is 6.58 Å². The normalized spacial score (nSPS) is 16.2. The molecule has 4 rings (SSSR count). The van der Waals surface area contributed by atoms with Gasteiger partial charge in [0.2, 0.25) is 0 Å². The Bertz CT molecular complexity index is 1270. The molecule has 1 saturated heterocycles. The molecule has 0 saturated carbocycles. The van der Waals surface area contributed by atoms with Gasteiger partial charge < -0.3 is 4.42 Å². The molecule has 32 heavy (non-hydrogen) atoms. The summed E-state index contributed by atoms with van der Waals surface area (Å²) in [5.74, 6) is 0.769. The third-order valence-corrected chi connectivity index (χ3v) is 5.73. The van der Waals surface area contributed by atoms with E-state index < -0.39 is 4.92 Å². The lowest BCUT2D eigenvalue weighted by atomic mass is 10.1. The van der Waals surface area contributed by atoms with Crippen LogP contribution in [0.4, 0.5) is 11.4 Å². The van der Waals surface area contributed by atoms with Gasteiger partial charge in [0.25, 0.3) is 11.6 Å². The van der Waals surface area contributed by atoms with E-state index in [0.29, 0.717) is 37.9 Å². The number of pyridine rings is 1. The molecule has 0 radical (unpaired) electrons. The molecule has 3 aromatic rings. The molecule has 0 unspecified atom stereocenters. The molecule has 160 valence electrons. The van der Waals surface area contributed by atoms with E-state index in [1.54, 1.807) is 48.7 Å². The van der Waals surface area contributed by atoms with Crippen LogP contribution in [0.15, 0.2) is 81.8 Å². The Balaban J connectivity index is 1.61. The summed E-state index contributed by atoms with van der Waals surface area (Å²) in [5, 5.41) is 11.7. The smallest absolute Gasteiger partial charge is 0.269 e. The molecule has 0 spiro atoms. The number of benzene rings is 1. The predicted molar refractivity (Wildman–Crippen MR) is 125 cm³/mol. The first kappa shape index (κ1) is 21.5. The van der Waals surface area contributed by atoms with Gasteiger partial charge in [0.05, 0.1) is 20.5 Å². The van der Waals surface area contributed by atoms with Crippen molar-refractivity contribution in [3.05, 3.63) is 93.3 Å². The molecule has 1 fully saturated rings. The van der Waals surface area contributed by atoms with E-state index in [-0.39, 0.29) is 18.1 Å². The molecule has 3 heterocycles. The standard InChI is InChI=1S/C22H15ClN4O4S/c1-2-11-26-21(28)20(32-22(26)25-18-9-10-24-13-17(18)23)12-16-7-8-19(31-16)14-3-5-15(6-4-14)27(29)30/h2-10,12-13H,1,11H2/b20-12+,25-22?. The van der Waals surface area contributed by atoms with Crippen LogP contribution in [0, 0.1) is 10.1 Å². The number of aliphatic imine (C=N–C) groups is 1. The summed E-state index contributed by atoms with van der Waals surface area (Å²) in [6.45, 7) is 3.99. The number of nitro benzene ring substituents is 1. The van der Waals surface area contributed by atoms with Gasteiger partial charge in [0.15, 0.2) is 5.17 Å². The highest BCUT2D eigenvalue weighted by Crippen LogP contribution is 2.36. The molecule has 8 nitrogen and oxygen atoms in total. The third kappa shape index (κ3) is 4.48. The first-order valence-corrected chi connectivity index (χ1v) is 10.5. The summed E-state index contributed by atoms with van der Waals surface area (Å²) in [6.07, 6.45) is 6.31. The fraction of sp³-hybridized carbons (Fsp3) is 0.0455. The van der Waals surface area contributed by atoms with Crippen molar-refractivity contribution in [3.63, 3.8) is 0 Å². The monoisotopic (exact) mass is 466 g/mol. The lowest BCUT2D eigenvalue weighted by Gasteiger charge is -2.12. The summed E-state index contributed by atoms with van der Waals surface area (Å²) in [6, 6.07) is 11.2. The first-order chi connectivity index (χ1) is 15.5. The maximum Gasteiger partial charge on any atom is 0.269 e. The lowest BCUT2D eigenvalue weighted by molar-refractivity contribution is -0.384. The van der Waals surface area contributed by atoms with Crippen molar-refractivity contribution in [1.29, 1.82) is 0 Å². The summed E-state index contributed by atoms with van der Waals surface area (Å²) in [4.78, 5) is 33.7. The SMILES string of the molecule is C=CCN1C(=O)/C(=C\c2ccc(-c3ccc([N+](=O)[O-])cc3)o2)SC1=Nc1ccncc1Cl. The molecular formula is C22H15ClN4O4S. The second-order valence-electron chi connectivity index (χ2n) is 6.54. The van der Waals surface area contributed by atoms with Crippen LogP contribution in [0.25, 0.3) is 17.4 Å². The van der Waals surface area contributed by atoms with Crippen LogP contribution >= 0.6 is 23.4 Å². The number of halogens is 1. The number of hydrogen-bond acceptors (Lipinski definition) is 7. The Kier molecular flexibility index (Phi) is 6.20. The van der Waals surface area contributed by atoms with Crippen LogP contribution in [0.5, 0.6) is 0 Å². The summed E-state index contributed by atoms with van der Waals surface area (Å²) in [5.41, 5.74) is 1.19. The minimum absolute atomic E-state index is 0.000901. The number of non-ortho nitro benzene ring substituents is 1. The van der Waals surface area contributed by atoms with Gasteiger partial charge in [0.1, 0.15) is 11.5 Å². The Morgan fingerprint density at radius 2 is 2.03 bits per heavy atom. The number of nitrogens with zero attached hydrogens (tertiary/aromatic N) is 4.